The first kappa shape index (κ1) is 18.4. The Morgan fingerprint density at radius 3 is 2.41 bits per heavy atom. The lowest BCUT2D eigenvalue weighted by Crippen LogP contribution is -2.42. The van der Waals surface area contributed by atoms with E-state index in [2.05, 4.69) is 10.0 Å². The summed E-state index contributed by atoms with van der Waals surface area (Å²) in [6.45, 7) is 4.22. The number of carbonyl (C=O) groups is 1. The smallest absolute Gasteiger partial charge is 0.321 e. The van der Waals surface area contributed by atoms with Crippen LogP contribution in [0.25, 0.3) is 0 Å². The molecule has 0 unspecified atom stereocenters. The number of carboxylic acids is 1. The van der Waals surface area contributed by atoms with Crippen molar-refractivity contribution in [1.82, 2.24) is 4.72 Å². The van der Waals surface area contributed by atoms with Crippen molar-refractivity contribution >= 4 is 21.7 Å². The monoisotopic (exact) mass is 328 g/mol. The van der Waals surface area contributed by atoms with Crippen LogP contribution in [-0.4, -0.2) is 37.8 Å². The predicted molar refractivity (Wildman–Crippen MR) is 87.4 cm³/mol. The van der Waals surface area contributed by atoms with Gasteiger partial charge in [-0.2, -0.15) is 0 Å². The zero-order valence-electron chi connectivity index (χ0n) is 13.0. The largest absolute Gasteiger partial charge is 0.480 e. The lowest BCUT2D eigenvalue weighted by atomic mass is 10.1. The zero-order valence-corrected chi connectivity index (χ0v) is 13.8. The van der Waals surface area contributed by atoms with E-state index >= 15 is 0 Å². The molecule has 1 aromatic carbocycles. The third-order valence-electron chi connectivity index (χ3n) is 3.02. The first-order valence-electron chi connectivity index (χ1n) is 7.32. The number of anilines is 1. The molecule has 3 N–H and O–H groups in total. The van der Waals surface area contributed by atoms with Crippen LogP contribution in [0.1, 0.15) is 26.7 Å². The van der Waals surface area contributed by atoms with Gasteiger partial charge in [-0.05, 0) is 30.9 Å². The van der Waals surface area contributed by atoms with E-state index in [-0.39, 0.29) is 18.1 Å². The molecular weight excluding hydrogens is 304 g/mol. The molecule has 0 aliphatic rings. The summed E-state index contributed by atoms with van der Waals surface area (Å²) in [4.78, 5) is 11.1. The lowest BCUT2D eigenvalue weighted by Gasteiger charge is -2.16. The number of hydrogen-bond acceptors (Lipinski definition) is 4. The van der Waals surface area contributed by atoms with Gasteiger partial charge in [0.05, 0.1) is 5.75 Å². The highest BCUT2D eigenvalue weighted by molar-refractivity contribution is 7.89. The van der Waals surface area contributed by atoms with Gasteiger partial charge < -0.3 is 10.4 Å². The molecule has 1 atom stereocenters. The maximum absolute atomic E-state index is 11.9. The summed E-state index contributed by atoms with van der Waals surface area (Å²) in [7, 11) is -3.60. The number of rotatable bonds is 10. The second kappa shape index (κ2) is 8.75. The Bertz CT molecular complexity index is 558. The Kier molecular flexibility index (Phi) is 7.34. The highest BCUT2D eigenvalue weighted by atomic mass is 32.2. The molecule has 0 bridgehead atoms. The Balaban J connectivity index is 2.41. The molecule has 0 fully saturated rings. The minimum absolute atomic E-state index is 0.101. The molecular formula is C15H24N2O4S. The summed E-state index contributed by atoms with van der Waals surface area (Å²) in [5.41, 5.74) is 0.927. The van der Waals surface area contributed by atoms with E-state index in [1.807, 2.05) is 44.2 Å². The van der Waals surface area contributed by atoms with E-state index in [9.17, 15) is 13.2 Å². The molecule has 0 amide bonds. The number of hydrogen-bond donors (Lipinski definition) is 3. The van der Waals surface area contributed by atoms with Crippen LogP contribution in [0.15, 0.2) is 30.3 Å². The van der Waals surface area contributed by atoms with Gasteiger partial charge in [0, 0.05) is 12.2 Å². The fourth-order valence-electron chi connectivity index (χ4n) is 2.00. The molecule has 6 nitrogen and oxygen atoms in total. The van der Waals surface area contributed by atoms with Gasteiger partial charge in [0.1, 0.15) is 6.04 Å². The minimum Gasteiger partial charge on any atom is -0.480 e. The number of nitrogens with one attached hydrogen (secondary N) is 2. The average molecular weight is 328 g/mol. The Morgan fingerprint density at radius 2 is 1.86 bits per heavy atom. The van der Waals surface area contributed by atoms with E-state index in [0.29, 0.717) is 13.0 Å². The molecule has 22 heavy (non-hydrogen) atoms. The van der Waals surface area contributed by atoms with Crippen LogP contribution in [0.2, 0.25) is 0 Å². The van der Waals surface area contributed by atoms with E-state index in [1.54, 1.807) is 0 Å². The number of sulfonamides is 1. The highest BCUT2D eigenvalue weighted by Crippen LogP contribution is 2.08. The summed E-state index contributed by atoms with van der Waals surface area (Å²) >= 11 is 0. The van der Waals surface area contributed by atoms with Crippen molar-refractivity contribution in [3.05, 3.63) is 30.3 Å². The molecule has 0 aliphatic heterocycles. The quantitative estimate of drug-likeness (QED) is 0.570. The topological polar surface area (TPSA) is 95.5 Å². The van der Waals surface area contributed by atoms with Gasteiger partial charge in [-0.15, -0.1) is 0 Å². The van der Waals surface area contributed by atoms with Gasteiger partial charge >= 0.3 is 5.97 Å². The fourth-order valence-corrected chi connectivity index (χ4v) is 3.27. The number of para-hydroxylation sites is 1. The van der Waals surface area contributed by atoms with Gasteiger partial charge in [-0.25, -0.2) is 13.1 Å². The van der Waals surface area contributed by atoms with Crippen LogP contribution in [0.4, 0.5) is 5.69 Å². The van der Waals surface area contributed by atoms with E-state index in [4.69, 9.17) is 5.11 Å². The summed E-state index contributed by atoms with van der Waals surface area (Å²) < 4.78 is 26.1. The minimum atomic E-state index is -3.60. The van der Waals surface area contributed by atoms with Crippen molar-refractivity contribution in [2.45, 2.75) is 32.7 Å². The maximum atomic E-state index is 11.9. The van der Waals surface area contributed by atoms with Crippen LogP contribution >= 0.6 is 0 Å². The Morgan fingerprint density at radius 1 is 1.23 bits per heavy atom. The van der Waals surface area contributed by atoms with Gasteiger partial charge in [0.25, 0.3) is 0 Å². The Hall–Kier alpha value is -1.60. The molecule has 7 heteroatoms. The van der Waals surface area contributed by atoms with E-state index in [1.165, 1.54) is 0 Å². The van der Waals surface area contributed by atoms with Crippen LogP contribution in [0.5, 0.6) is 0 Å². The molecule has 0 aliphatic carbocycles. The SMILES string of the molecule is CC(C)C[C@H](NS(=O)(=O)CCCNc1ccccc1)C(=O)O. The second-order valence-electron chi connectivity index (χ2n) is 5.60. The number of carboxylic acid groups (broad SMARTS) is 1. The van der Waals surface area contributed by atoms with Crippen LogP contribution in [0, 0.1) is 5.92 Å². The third kappa shape index (κ3) is 7.42. The standard InChI is InChI=1S/C15H24N2O4S/c1-12(2)11-14(15(18)19)17-22(20,21)10-6-9-16-13-7-4-3-5-8-13/h3-5,7-8,12,14,16-17H,6,9-11H2,1-2H3,(H,18,19)/t14-/m0/s1. The van der Waals surface area contributed by atoms with Crippen molar-refractivity contribution in [2.75, 3.05) is 17.6 Å². The van der Waals surface area contributed by atoms with Gasteiger partial charge in [-0.1, -0.05) is 32.0 Å². The van der Waals surface area contributed by atoms with Gasteiger partial charge in [0.15, 0.2) is 0 Å². The van der Waals surface area contributed by atoms with Crippen molar-refractivity contribution < 1.29 is 18.3 Å². The number of aliphatic carboxylic acids is 1. The van der Waals surface area contributed by atoms with Crippen molar-refractivity contribution in [1.29, 1.82) is 0 Å². The molecule has 0 spiro atoms. The van der Waals surface area contributed by atoms with E-state index in [0.717, 1.165) is 5.69 Å². The fraction of sp³-hybridized carbons (Fsp3) is 0.533. The molecule has 0 saturated heterocycles. The molecule has 1 rings (SSSR count). The molecule has 1 aromatic rings. The second-order valence-corrected chi connectivity index (χ2v) is 7.48. The summed E-state index contributed by atoms with van der Waals surface area (Å²) in [6, 6.07) is 8.42. The van der Waals surface area contributed by atoms with Crippen LogP contribution < -0.4 is 10.0 Å². The summed E-state index contributed by atoms with van der Waals surface area (Å²) in [6.07, 6.45) is 0.676. The van der Waals surface area contributed by atoms with Crippen molar-refractivity contribution in [3.8, 4) is 0 Å². The molecule has 0 heterocycles. The zero-order chi connectivity index (χ0) is 16.6. The maximum Gasteiger partial charge on any atom is 0.321 e. The Labute approximate surface area is 132 Å². The van der Waals surface area contributed by atoms with Crippen molar-refractivity contribution in [2.24, 2.45) is 5.92 Å². The first-order chi connectivity index (χ1) is 10.3. The molecule has 0 radical (unpaired) electrons. The van der Waals surface area contributed by atoms with E-state index < -0.39 is 22.0 Å². The molecule has 124 valence electrons. The highest BCUT2D eigenvalue weighted by Gasteiger charge is 2.24. The average Bonchev–Trinajstić information content (AvgIpc) is 2.43. The van der Waals surface area contributed by atoms with Crippen molar-refractivity contribution in [3.63, 3.8) is 0 Å². The molecule has 0 aromatic heterocycles. The summed E-state index contributed by atoms with van der Waals surface area (Å²) in [5, 5.41) is 12.2. The normalized spacial score (nSPS) is 13.0. The van der Waals surface area contributed by atoms with Gasteiger partial charge in [0.2, 0.25) is 10.0 Å². The summed E-state index contributed by atoms with van der Waals surface area (Å²) in [5.74, 6) is -1.14. The van der Waals surface area contributed by atoms with Crippen LogP contribution in [-0.2, 0) is 14.8 Å². The van der Waals surface area contributed by atoms with Gasteiger partial charge in [-0.3, -0.25) is 4.79 Å². The van der Waals surface area contributed by atoms with Crippen LogP contribution in [0.3, 0.4) is 0 Å². The lowest BCUT2D eigenvalue weighted by molar-refractivity contribution is -0.139. The third-order valence-corrected chi connectivity index (χ3v) is 4.49. The first-order valence-corrected chi connectivity index (χ1v) is 8.97. The molecule has 0 saturated carbocycles. The predicted octanol–water partition coefficient (Wildman–Crippen LogP) is 1.91. The number of benzene rings is 1.